The minimum Gasteiger partial charge on any atom is -0.352 e. The summed E-state index contributed by atoms with van der Waals surface area (Å²) in [6.45, 7) is 3.39. The van der Waals surface area contributed by atoms with E-state index >= 15 is 0 Å². The molecule has 240 valence electrons. The third-order valence-electron chi connectivity index (χ3n) is 8.34. The lowest BCUT2D eigenvalue weighted by Crippen LogP contribution is -2.54. The molecule has 7 nitrogen and oxygen atoms in total. The van der Waals surface area contributed by atoms with Gasteiger partial charge in [0.2, 0.25) is 11.8 Å². The minimum atomic E-state index is -4.15. The quantitative estimate of drug-likeness (QED) is 0.181. The zero-order chi connectivity index (χ0) is 32.7. The molecule has 1 aliphatic carbocycles. The van der Waals surface area contributed by atoms with Crippen LogP contribution in [0, 0.1) is 13.8 Å². The zero-order valence-corrected chi connectivity index (χ0v) is 27.8. The van der Waals surface area contributed by atoms with Gasteiger partial charge in [-0.2, -0.15) is 0 Å². The standard InChI is InChI=1S/C37H40ClN3O4S/c1-27-21-28(2)23-33(22-27)41(46(44,45)34-15-7-4-8-16-34)26-36(42)40(25-30-17-19-31(38)20-18-30)35(24-29-11-5-3-6-12-29)37(43)39-32-13-9-10-14-32/h3-8,11-12,15-23,32,35H,9-10,13-14,24-26H2,1-2H3,(H,39,43). The van der Waals surface area contributed by atoms with E-state index in [0.717, 1.165) is 52.2 Å². The Labute approximate surface area is 277 Å². The molecule has 4 aromatic rings. The van der Waals surface area contributed by atoms with Crippen molar-refractivity contribution in [2.24, 2.45) is 0 Å². The molecule has 5 rings (SSSR count). The molecule has 4 aromatic carbocycles. The largest absolute Gasteiger partial charge is 0.352 e. The van der Waals surface area contributed by atoms with Gasteiger partial charge >= 0.3 is 0 Å². The molecule has 0 aromatic heterocycles. The summed E-state index contributed by atoms with van der Waals surface area (Å²) < 4.78 is 29.6. The predicted octanol–water partition coefficient (Wildman–Crippen LogP) is 6.85. The summed E-state index contributed by atoms with van der Waals surface area (Å²) in [6, 6.07) is 29.4. The fourth-order valence-electron chi connectivity index (χ4n) is 6.05. The van der Waals surface area contributed by atoms with Crippen LogP contribution in [-0.2, 0) is 32.6 Å². The number of aryl methyl sites for hydroxylation is 2. The molecular formula is C37H40ClN3O4S. The van der Waals surface area contributed by atoms with Crippen LogP contribution in [0.3, 0.4) is 0 Å². The normalized spacial score (nSPS) is 14.1. The molecule has 0 aliphatic heterocycles. The highest BCUT2D eigenvalue weighted by molar-refractivity contribution is 7.92. The second-order valence-electron chi connectivity index (χ2n) is 12.0. The van der Waals surface area contributed by atoms with Crippen LogP contribution in [0.25, 0.3) is 0 Å². The molecule has 1 unspecified atom stereocenters. The maximum atomic E-state index is 14.6. The van der Waals surface area contributed by atoms with Gasteiger partial charge in [-0.05, 0) is 85.3 Å². The molecule has 1 atom stereocenters. The number of halogens is 1. The first-order valence-electron chi connectivity index (χ1n) is 15.6. The molecule has 0 spiro atoms. The smallest absolute Gasteiger partial charge is 0.264 e. The van der Waals surface area contributed by atoms with E-state index in [1.54, 1.807) is 42.5 Å². The highest BCUT2D eigenvalue weighted by atomic mass is 35.5. The van der Waals surface area contributed by atoms with Crippen LogP contribution in [0.1, 0.15) is 47.9 Å². The summed E-state index contributed by atoms with van der Waals surface area (Å²) in [6.07, 6.45) is 4.15. The van der Waals surface area contributed by atoms with E-state index < -0.39 is 28.5 Å². The third-order valence-corrected chi connectivity index (χ3v) is 10.4. The van der Waals surface area contributed by atoms with Crippen molar-refractivity contribution in [2.45, 2.75) is 69.5 Å². The third kappa shape index (κ3) is 8.36. The van der Waals surface area contributed by atoms with Crippen LogP contribution in [0.5, 0.6) is 0 Å². The SMILES string of the molecule is Cc1cc(C)cc(N(CC(=O)N(Cc2ccc(Cl)cc2)C(Cc2ccccc2)C(=O)NC2CCCC2)S(=O)(=O)c2ccccc2)c1. The monoisotopic (exact) mass is 657 g/mol. The Bertz CT molecular complexity index is 1720. The van der Waals surface area contributed by atoms with E-state index in [9.17, 15) is 18.0 Å². The lowest BCUT2D eigenvalue weighted by atomic mass is 10.0. The van der Waals surface area contributed by atoms with Crippen LogP contribution in [-0.4, -0.2) is 43.8 Å². The molecule has 46 heavy (non-hydrogen) atoms. The number of anilines is 1. The maximum Gasteiger partial charge on any atom is 0.264 e. The Morgan fingerprint density at radius 1 is 0.826 bits per heavy atom. The number of nitrogens with zero attached hydrogens (tertiary/aromatic N) is 2. The van der Waals surface area contributed by atoms with Crippen LogP contribution in [0.15, 0.2) is 108 Å². The number of carbonyl (C=O) groups excluding carboxylic acids is 2. The fourth-order valence-corrected chi connectivity index (χ4v) is 7.60. The summed E-state index contributed by atoms with van der Waals surface area (Å²) in [5.74, 6) is -0.738. The Kier molecular flexibility index (Phi) is 10.8. The first-order chi connectivity index (χ1) is 22.1. The van der Waals surface area contributed by atoms with Gasteiger partial charge in [-0.1, -0.05) is 91.2 Å². The van der Waals surface area contributed by atoms with Crippen molar-refractivity contribution in [3.8, 4) is 0 Å². The highest BCUT2D eigenvalue weighted by Crippen LogP contribution is 2.27. The number of sulfonamides is 1. The Morgan fingerprint density at radius 2 is 1.41 bits per heavy atom. The summed E-state index contributed by atoms with van der Waals surface area (Å²) in [5.41, 5.74) is 3.79. The predicted molar refractivity (Wildman–Crippen MR) is 183 cm³/mol. The zero-order valence-electron chi connectivity index (χ0n) is 26.2. The number of hydrogen-bond donors (Lipinski definition) is 1. The van der Waals surface area contributed by atoms with Gasteiger partial charge in [-0.3, -0.25) is 13.9 Å². The van der Waals surface area contributed by atoms with Crippen molar-refractivity contribution >= 4 is 39.1 Å². The highest BCUT2D eigenvalue weighted by Gasteiger charge is 2.35. The van der Waals surface area contributed by atoms with Gasteiger partial charge in [0.05, 0.1) is 10.6 Å². The van der Waals surface area contributed by atoms with E-state index in [4.69, 9.17) is 11.6 Å². The Morgan fingerprint density at radius 3 is 2.02 bits per heavy atom. The molecular weight excluding hydrogens is 618 g/mol. The van der Waals surface area contributed by atoms with Gasteiger partial charge in [0.1, 0.15) is 12.6 Å². The van der Waals surface area contributed by atoms with Crippen molar-refractivity contribution in [2.75, 3.05) is 10.8 Å². The average Bonchev–Trinajstić information content (AvgIpc) is 3.55. The number of carbonyl (C=O) groups is 2. The van der Waals surface area contributed by atoms with E-state index in [2.05, 4.69) is 5.32 Å². The molecule has 0 heterocycles. The number of hydrogen-bond acceptors (Lipinski definition) is 4. The van der Waals surface area contributed by atoms with E-state index in [1.807, 2.05) is 62.4 Å². The summed E-state index contributed by atoms with van der Waals surface area (Å²) in [5, 5.41) is 3.75. The van der Waals surface area contributed by atoms with Crippen molar-refractivity contribution < 1.29 is 18.0 Å². The lowest BCUT2D eigenvalue weighted by molar-refractivity contribution is -0.140. The van der Waals surface area contributed by atoms with E-state index in [0.29, 0.717) is 10.7 Å². The van der Waals surface area contributed by atoms with Crippen LogP contribution in [0.4, 0.5) is 5.69 Å². The number of benzene rings is 4. The Hall–Kier alpha value is -4.14. The second kappa shape index (κ2) is 15.0. The summed E-state index contributed by atoms with van der Waals surface area (Å²) >= 11 is 6.18. The average molecular weight is 658 g/mol. The molecule has 9 heteroatoms. The molecule has 2 amide bonds. The van der Waals surface area contributed by atoms with Crippen LogP contribution in [0.2, 0.25) is 5.02 Å². The molecule has 1 aliphatic rings. The minimum absolute atomic E-state index is 0.0449. The molecule has 0 bridgehead atoms. The number of rotatable bonds is 12. The van der Waals surface area contributed by atoms with Gasteiger partial charge in [0.15, 0.2) is 0 Å². The first-order valence-corrected chi connectivity index (χ1v) is 17.5. The molecule has 0 saturated heterocycles. The number of nitrogens with one attached hydrogen (secondary N) is 1. The topological polar surface area (TPSA) is 86.8 Å². The van der Waals surface area contributed by atoms with Crippen molar-refractivity contribution in [1.29, 1.82) is 0 Å². The molecule has 1 saturated carbocycles. The van der Waals surface area contributed by atoms with Crippen LogP contribution >= 0.6 is 11.6 Å². The van der Waals surface area contributed by atoms with Gasteiger partial charge < -0.3 is 10.2 Å². The lowest BCUT2D eigenvalue weighted by Gasteiger charge is -2.34. The maximum absolute atomic E-state index is 14.6. The molecule has 1 N–H and O–H groups in total. The van der Waals surface area contributed by atoms with Crippen molar-refractivity contribution in [1.82, 2.24) is 10.2 Å². The van der Waals surface area contributed by atoms with Gasteiger partial charge in [0.25, 0.3) is 10.0 Å². The van der Waals surface area contributed by atoms with Crippen molar-refractivity contribution in [3.05, 3.63) is 130 Å². The van der Waals surface area contributed by atoms with Gasteiger partial charge in [-0.25, -0.2) is 8.42 Å². The second-order valence-corrected chi connectivity index (χ2v) is 14.3. The molecule has 1 fully saturated rings. The van der Waals surface area contributed by atoms with E-state index in [-0.39, 0.29) is 29.8 Å². The number of amides is 2. The van der Waals surface area contributed by atoms with Crippen LogP contribution < -0.4 is 9.62 Å². The summed E-state index contributed by atoms with van der Waals surface area (Å²) in [7, 11) is -4.15. The van der Waals surface area contributed by atoms with Gasteiger partial charge in [0, 0.05) is 24.0 Å². The first kappa shape index (κ1) is 33.2. The van der Waals surface area contributed by atoms with Gasteiger partial charge in [-0.15, -0.1) is 0 Å². The fraction of sp³-hybridized carbons (Fsp3) is 0.297. The molecule has 0 radical (unpaired) electrons. The Balaban J connectivity index is 1.57. The van der Waals surface area contributed by atoms with E-state index in [1.165, 1.54) is 17.0 Å². The summed E-state index contributed by atoms with van der Waals surface area (Å²) in [4.78, 5) is 30.3. The van der Waals surface area contributed by atoms with Crippen molar-refractivity contribution in [3.63, 3.8) is 0 Å².